The molecule has 0 saturated carbocycles. The molecule has 0 aliphatic carbocycles. The second-order valence-electron chi connectivity index (χ2n) is 6.83. The number of para-hydroxylation sites is 1. The summed E-state index contributed by atoms with van der Waals surface area (Å²) in [7, 11) is 0. The Morgan fingerprint density at radius 3 is 2.76 bits per heavy atom. The topological polar surface area (TPSA) is 108 Å². The number of nitrogens with zero attached hydrogens (tertiary/aromatic N) is 2. The highest BCUT2D eigenvalue weighted by atomic mass is 19.1. The molecule has 3 heterocycles. The first-order valence-corrected chi connectivity index (χ1v) is 8.78. The monoisotopic (exact) mass is 388 g/mol. The number of nitrogens with two attached hydrogens (primary N) is 1. The third-order valence-electron chi connectivity index (χ3n) is 5.45. The van der Waals surface area contributed by atoms with Gasteiger partial charge in [-0.15, -0.1) is 0 Å². The normalized spacial score (nSPS) is 22.4. The first-order chi connectivity index (χ1) is 14.0. The van der Waals surface area contributed by atoms with Crippen LogP contribution >= 0.6 is 0 Å². The van der Waals surface area contributed by atoms with Crippen LogP contribution in [0.4, 0.5) is 15.8 Å². The van der Waals surface area contributed by atoms with Crippen LogP contribution < -0.4 is 16.0 Å². The van der Waals surface area contributed by atoms with Gasteiger partial charge in [0.1, 0.15) is 29.7 Å². The Kier molecular flexibility index (Phi) is 3.34. The molecule has 2 aromatic carbocycles. The van der Waals surface area contributed by atoms with Gasteiger partial charge in [-0.1, -0.05) is 24.3 Å². The number of rotatable bonds is 1. The average molecular weight is 388 g/mol. The number of amides is 1. The molecule has 1 unspecified atom stereocenters. The van der Waals surface area contributed by atoms with Gasteiger partial charge >= 0.3 is 5.97 Å². The number of ether oxygens (including phenoxy) is 1. The smallest absolute Gasteiger partial charge is 0.338 e. The Hall–Kier alpha value is -4.12. The van der Waals surface area contributed by atoms with E-state index in [1.54, 1.807) is 30.3 Å². The van der Waals surface area contributed by atoms with Crippen molar-refractivity contribution in [3.63, 3.8) is 0 Å². The molecule has 3 N–H and O–H groups in total. The Labute approximate surface area is 164 Å². The predicted molar refractivity (Wildman–Crippen MR) is 100 cm³/mol. The van der Waals surface area contributed by atoms with Crippen LogP contribution in [0.3, 0.4) is 0 Å². The molecule has 7 nitrogen and oxygen atoms in total. The van der Waals surface area contributed by atoms with Gasteiger partial charge < -0.3 is 15.8 Å². The minimum Gasteiger partial charge on any atom is -0.456 e. The van der Waals surface area contributed by atoms with Crippen molar-refractivity contribution >= 4 is 23.3 Å². The summed E-state index contributed by atoms with van der Waals surface area (Å²) in [5, 5.41) is 12.8. The second-order valence-corrected chi connectivity index (χ2v) is 6.83. The molecule has 5 rings (SSSR count). The number of fused-ring (bicyclic) bond motifs is 3. The number of esters is 1. The lowest BCUT2D eigenvalue weighted by Gasteiger charge is -2.38. The first kappa shape index (κ1) is 17.0. The van der Waals surface area contributed by atoms with Gasteiger partial charge in [0.2, 0.25) is 5.91 Å². The van der Waals surface area contributed by atoms with Gasteiger partial charge in [0.25, 0.3) is 0 Å². The zero-order valence-corrected chi connectivity index (χ0v) is 14.9. The van der Waals surface area contributed by atoms with Gasteiger partial charge in [-0.25, -0.2) is 9.18 Å². The lowest BCUT2D eigenvalue weighted by Crippen LogP contribution is -2.48. The molecule has 1 amide bonds. The van der Waals surface area contributed by atoms with E-state index in [1.807, 2.05) is 6.07 Å². The highest BCUT2D eigenvalue weighted by Gasteiger charge is 2.61. The van der Waals surface area contributed by atoms with E-state index in [2.05, 4.69) is 5.32 Å². The Balaban J connectivity index is 1.87. The Morgan fingerprint density at radius 2 is 2.00 bits per heavy atom. The van der Waals surface area contributed by atoms with Crippen molar-refractivity contribution < 1.29 is 18.7 Å². The molecule has 29 heavy (non-hydrogen) atoms. The largest absolute Gasteiger partial charge is 0.456 e. The van der Waals surface area contributed by atoms with E-state index in [0.29, 0.717) is 22.6 Å². The zero-order valence-electron chi connectivity index (χ0n) is 14.9. The summed E-state index contributed by atoms with van der Waals surface area (Å²) < 4.78 is 19.1. The van der Waals surface area contributed by atoms with Crippen molar-refractivity contribution in [1.29, 1.82) is 5.26 Å². The van der Waals surface area contributed by atoms with Crippen LogP contribution in [0.5, 0.6) is 0 Å². The number of benzene rings is 2. The fourth-order valence-electron chi connectivity index (χ4n) is 4.32. The van der Waals surface area contributed by atoms with Crippen molar-refractivity contribution in [2.45, 2.75) is 5.41 Å². The molecule has 0 saturated heterocycles. The second kappa shape index (κ2) is 5.69. The van der Waals surface area contributed by atoms with Crippen LogP contribution in [0.15, 0.2) is 71.2 Å². The van der Waals surface area contributed by atoms with Crippen molar-refractivity contribution in [2.75, 3.05) is 16.8 Å². The maximum atomic E-state index is 13.9. The van der Waals surface area contributed by atoms with Crippen LogP contribution in [-0.2, 0) is 19.7 Å². The van der Waals surface area contributed by atoms with E-state index >= 15 is 0 Å². The van der Waals surface area contributed by atoms with Gasteiger partial charge in [0.05, 0.1) is 22.5 Å². The number of hydrogen-bond acceptors (Lipinski definition) is 6. The molecule has 0 bridgehead atoms. The first-order valence-electron chi connectivity index (χ1n) is 8.78. The van der Waals surface area contributed by atoms with Crippen LogP contribution in [-0.4, -0.2) is 18.5 Å². The Morgan fingerprint density at radius 1 is 1.21 bits per heavy atom. The maximum Gasteiger partial charge on any atom is 0.338 e. The van der Waals surface area contributed by atoms with Crippen LogP contribution in [0, 0.1) is 17.1 Å². The van der Waals surface area contributed by atoms with E-state index in [9.17, 15) is 19.2 Å². The maximum absolute atomic E-state index is 13.9. The summed E-state index contributed by atoms with van der Waals surface area (Å²) in [6, 6.07) is 14.4. The Bertz CT molecular complexity index is 1230. The van der Waals surface area contributed by atoms with Crippen molar-refractivity contribution in [1.82, 2.24) is 0 Å². The van der Waals surface area contributed by atoms with Crippen LogP contribution in [0.2, 0.25) is 0 Å². The minimum absolute atomic E-state index is 0.0231. The van der Waals surface area contributed by atoms with Gasteiger partial charge in [-0.2, -0.15) is 5.26 Å². The van der Waals surface area contributed by atoms with Gasteiger partial charge in [0, 0.05) is 11.3 Å². The third-order valence-corrected chi connectivity index (χ3v) is 5.45. The summed E-state index contributed by atoms with van der Waals surface area (Å²) in [6.45, 7) is -0.152. The quantitative estimate of drug-likeness (QED) is 0.724. The van der Waals surface area contributed by atoms with E-state index in [1.165, 1.54) is 23.1 Å². The van der Waals surface area contributed by atoms with E-state index < -0.39 is 23.1 Å². The third kappa shape index (κ3) is 1.99. The molecule has 8 heteroatoms. The summed E-state index contributed by atoms with van der Waals surface area (Å²) in [5.41, 5.74) is 6.15. The standard InChI is InChI=1S/C21H13FN4O3/c22-11-4-3-5-12(8-11)26-16-10-29-19(27)17(16)21(14(9-23)18(26)24)13-6-1-2-7-15(13)25-20(21)28/h1-8H,10,24H2,(H,25,28). The van der Waals surface area contributed by atoms with E-state index in [0.717, 1.165) is 0 Å². The average Bonchev–Trinajstić information content (AvgIpc) is 3.21. The molecular weight excluding hydrogens is 375 g/mol. The lowest BCUT2D eigenvalue weighted by atomic mass is 9.67. The number of carbonyl (C=O) groups is 2. The highest BCUT2D eigenvalue weighted by molar-refractivity contribution is 6.18. The number of nitriles is 1. The molecule has 142 valence electrons. The number of cyclic esters (lactones) is 1. The van der Waals surface area contributed by atoms with Crippen molar-refractivity contribution in [3.05, 3.63) is 82.6 Å². The fraction of sp³-hybridized carbons (Fsp3) is 0.0952. The number of nitrogens with one attached hydrogen (secondary N) is 1. The number of halogens is 1. The summed E-state index contributed by atoms with van der Waals surface area (Å²) in [6.07, 6.45) is 0. The number of hydrogen-bond donors (Lipinski definition) is 2. The molecule has 0 fully saturated rings. The van der Waals surface area contributed by atoms with Gasteiger partial charge in [0.15, 0.2) is 0 Å². The van der Waals surface area contributed by atoms with Crippen molar-refractivity contribution in [2.24, 2.45) is 5.73 Å². The van der Waals surface area contributed by atoms with Crippen molar-refractivity contribution in [3.8, 4) is 6.07 Å². The molecule has 2 aromatic rings. The lowest BCUT2D eigenvalue weighted by molar-refractivity contribution is -0.137. The van der Waals surface area contributed by atoms with Gasteiger partial charge in [-0.3, -0.25) is 9.69 Å². The molecule has 3 aliphatic rings. The molecular formula is C21H13FN4O3. The SMILES string of the molecule is N#CC1=C(N)N(c2cccc(F)c2)C2=C(C(=O)OC2)C12C(=O)Nc1ccccc12. The minimum atomic E-state index is -1.71. The molecule has 3 aliphatic heterocycles. The summed E-state index contributed by atoms with van der Waals surface area (Å²) in [5.74, 6) is -1.83. The van der Waals surface area contributed by atoms with Crippen LogP contribution in [0.25, 0.3) is 0 Å². The molecule has 1 atom stereocenters. The van der Waals surface area contributed by atoms with Gasteiger partial charge in [-0.05, 0) is 24.3 Å². The van der Waals surface area contributed by atoms with E-state index in [-0.39, 0.29) is 23.6 Å². The number of anilines is 2. The fourth-order valence-corrected chi connectivity index (χ4v) is 4.32. The number of carbonyl (C=O) groups excluding carboxylic acids is 2. The summed E-state index contributed by atoms with van der Waals surface area (Å²) in [4.78, 5) is 27.4. The van der Waals surface area contributed by atoms with Crippen LogP contribution in [0.1, 0.15) is 5.56 Å². The summed E-state index contributed by atoms with van der Waals surface area (Å²) >= 11 is 0. The molecule has 0 radical (unpaired) electrons. The highest BCUT2D eigenvalue weighted by Crippen LogP contribution is 2.54. The van der Waals surface area contributed by atoms with E-state index in [4.69, 9.17) is 10.5 Å². The zero-order chi connectivity index (χ0) is 20.3. The molecule has 1 spiro atoms. The predicted octanol–water partition coefficient (Wildman–Crippen LogP) is 2.04. The molecule has 0 aromatic heterocycles.